The number of hydrogen-bond donors (Lipinski definition) is 3. The van der Waals surface area contributed by atoms with Crippen molar-refractivity contribution >= 4 is 17.3 Å². The largest absolute Gasteiger partial charge is 0.405 e. The van der Waals surface area contributed by atoms with Crippen LogP contribution in [0.5, 0.6) is 0 Å². The molecule has 0 saturated carbocycles. The smallest absolute Gasteiger partial charge is 0.393 e. The van der Waals surface area contributed by atoms with Gasteiger partial charge in [0, 0.05) is 38.8 Å². The number of amides is 1. The predicted molar refractivity (Wildman–Crippen MR) is 88.9 cm³/mol. The Balaban J connectivity index is 2.17. The summed E-state index contributed by atoms with van der Waals surface area (Å²) in [6, 6.07) is 0.672. The van der Waals surface area contributed by atoms with E-state index >= 15 is 0 Å². The molecule has 0 spiro atoms. The number of nitro groups is 1. The van der Waals surface area contributed by atoms with Crippen LogP contribution >= 0.6 is 0 Å². The first-order valence-electron chi connectivity index (χ1n) is 7.95. The molecule has 26 heavy (non-hydrogen) atoms. The summed E-state index contributed by atoms with van der Waals surface area (Å²) in [4.78, 5) is 23.8. The first kappa shape index (κ1) is 19.9. The highest BCUT2D eigenvalue weighted by Crippen LogP contribution is 2.28. The van der Waals surface area contributed by atoms with Gasteiger partial charge in [-0.2, -0.15) is 13.2 Å². The van der Waals surface area contributed by atoms with Gasteiger partial charge in [-0.05, 0) is 18.6 Å². The van der Waals surface area contributed by atoms with Gasteiger partial charge in [-0.25, -0.2) is 0 Å². The number of rotatable bonds is 5. The average molecular weight is 375 g/mol. The van der Waals surface area contributed by atoms with Crippen LogP contribution in [0.2, 0.25) is 0 Å². The van der Waals surface area contributed by atoms with Gasteiger partial charge in [-0.3, -0.25) is 19.8 Å². The maximum absolute atomic E-state index is 13.3. The van der Waals surface area contributed by atoms with Gasteiger partial charge in [-0.15, -0.1) is 0 Å². The molecule has 11 heteroatoms. The summed E-state index contributed by atoms with van der Waals surface area (Å²) in [5.41, 5.74) is 5.02. The summed E-state index contributed by atoms with van der Waals surface area (Å²) in [7, 11) is 0. The summed E-state index contributed by atoms with van der Waals surface area (Å²) in [5.74, 6) is -0.876. The van der Waals surface area contributed by atoms with Crippen LogP contribution in [0.25, 0.3) is 0 Å². The van der Waals surface area contributed by atoms with E-state index in [0.29, 0.717) is 18.7 Å². The molecule has 1 aliphatic rings. The summed E-state index contributed by atoms with van der Waals surface area (Å²) in [5, 5.41) is 16.2. The number of nitrogens with zero attached hydrogens (tertiary/aromatic N) is 2. The van der Waals surface area contributed by atoms with Crippen LogP contribution < -0.4 is 16.4 Å². The topological polar surface area (TPSA) is 114 Å². The number of hydrogen-bond acceptors (Lipinski definition) is 6. The van der Waals surface area contributed by atoms with E-state index in [1.165, 1.54) is 24.0 Å². The van der Waals surface area contributed by atoms with Crippen LogP contribution in [-0.2, 0) is 0 Å². The lowest BCUT2D eigenvalue weighted by molar-refractivity contribution is -0.384. The Morgan fingerprint density at radius 1 is 1.42 bits per heavy atom. The highest BCUT2D eigenvalue weighted by molar-refractivity contribution is 6.01. The van der Waals surface area contributed by atoms with E-state index in [-0.39, 0.29) is 24.3 Å². The van der Waals surface area contributed by atoms with Crippen LogP contribution in [-0.4, -0.2) is 60.7 Å². The number of nitrogens with two attached hydrogens (primary N) is 1. The summed E-state index contributed by atoms with van der Waals surface area (Å²) < 4.78 is 40.0. The van der Waals surface area contributed by atoms with E-state index in [2.05, 4.69) is 10.6 Å². The lowest BCUT2D eigenvalue weighted by atomic mass is 10.1. The second-order valence-electron chi connectivity index (χ2n) is 6.06. The zero-order chi connectivity index (χ0) is 19.5. The van der Waals surface area contributed by atoms with Crippen molar-refractivity contribution in [2.45, 2.75) is 19.1 Å². The number of halogens is 3. The first-order chi connectivity index (χ1) is 12.1. The molecule has 1 heterocycles. The van der Waals surface area contributed by atoms with Crippen molar-refractivity contribution in [2.24, 2.45) is 0 Å². The van der Waals surface area contributed by atoms with Gasteiger partial charge >= 0.3 is 6.18 Å². The minimum absolute atomic E-state index is 0.206. The Labute approximate surface area is 147 Å². The lowest BCUT2D eigenvalue weighted by Crippen LogP contribution is -2.57. The number of carbonyl (C=O) groups excluding carboxylic acids is 1. The van der Waals surface area contributed by atoms with E-state index < -0.39 is 35.3 Å². The summed E-state index contributed by atoms with van der Waals surface area (Å²) in [6.45, 7) is 2.14. The Kier molecular flexibility index (Phi) is 6.03. The second kappa shape index (κ2) is 7.87. The lowest BCUT2D eigenvalue weighted by Gasteiger charge is -2.35. The molecule has 4 N–H and O–H groups in total. The molecule has 1 aromatic rings. The number of nitrogen functional groups attached to an aromatic ring is 1. The Morgan fingerprint density at radius 3 is 2.58 bits per heavy atom. The van der Waals surface area contributed by atoms with Gasteiger partial charge in [0.15, 0.2) is 0 Å². The normalized spacial score (nSPS) is 16.9. The van der Waals surface area contributed by atoms with E-state index in [4.69, 9.17) is 5.73 Å². The third kappa shape index (κ3) is 4.61. The monoisotopic (exact) mass is 375 g/mol. The van der Waals surface area contributed by atoms with Gasteiger partial charge in [0.25, 0.3) is 11.6 Å². The first-order valence-corrected chi connectivity index (χ1v) is 7.95. The Bertz CT molecular complexity index is 690. The number of nitrogens with one attached hydrogen (secondary N) is 2. The Hall–Kier alpha value is -2.40. The van der Waals surface area contributed by atoms with Crippen molar-refractivity contribution in [1.29, 1.82) is 0 Å². The molecule has 144 valence electrons. The SMILES string of the molecule is Cc1cc(C(=O)NCC(N2CCNCC2)C(F)(F)F)c(N)c([N+](=O)[O-])c1. The number of carbonyl (C=O) groups is 1. The molecule has 8 nitrogen and oxygen atoms in total. The third-order valence-corrected chi connectivity index (χ3v) is 4.17. The van der Waals surface area contributed by atoms with Gasteiger partial charge < -0.3 is 16.4 Å². The van der Waals surface area contributed by atoms with Crippen molar-refractivity contribution in [3.05, 3.63) is 33.4 Å². The van der Waals surface area contributed by atoms with Gasteiger partial charge in [-0.1, -0.05) is 0 Å². The molecule has 1 atom stereocenters. The highest BCUT2D eigenvalue weighted by atomic mass is 19.4. The number of piperazine rings is 1. The quantitative estimate of drug-likeness (QED) is 0.403. The zero-order valence-electron chi connectivity index (χ0n) is 14.1. The molecule has 0 bridgehead atoms. The van der Waals surface area contributed by atoms with E-state index in [9.17, 15) is 28.1 Å². The van der Waals surface area contributed by atoms with Crippen molar-refractivity contribution in [3.8, 4) is 0 Å². The fraction of sp³-hybridized carbons (Fsp3) is 0.533. The standard InChI is InChI=1S/C15H20F3N5O3/c1-9-6-10(13(19)11(7-9)23(25)26)14(24)21-8-12(15(16,17)18)22-4-2-20-3-5-22/h6-7,12,20H,2-5,8,19H2,1H3,(H,21,24). The second-order valence-corrected chi connectivity index (χ2v) is 6.06. The average Bonchev–Trinajstić information content (AvgIpc) is 2.56. The summed E-state index contributed by atoms with van der Waals surface area (Å²) in [6.07, 6.45) is -4.52. The maximum Gasteiger partial charge on any atom is 0.405 e. The molecule has 1 unspecified atom stereocenters. The number of aryl methyl sites for hydroxylation is 1. The van der Waals surface area contributed by atoms with Crippen molar-refractivity contribution < 1.29 is 22.9 Å². The van der Waals surface area contributed by atoms with Crippen molar-refractivity contribution in [3.63, 3.8) is 0 Å². The molecule has 1 saturated heterocycles. The van der Waals surface area contributed by atoms with Crippen molar-refractivity contribution in [1.82, 2.24) is 15.5 Å². The minimum atomic E-state index is -4.52. The van der Waals surface area contributed by atoms with E-state index in [1.54, 1.807) is 0 Å². The molecular weight excluding hydrogens is 355 g/mol. The van der Waals surface area contributed by atoms with Crippen LogP contribution in [0, 0.1) is 17.0 Å². The Morgan fingerprint density at radius 2 is 2.04 bits per heavy atom. The molecule has 1 fully saturated rings. The number of anilines is 1. The van der Waals surface area contributed by atoms with Crippen LogP contribution in [0.15, 0.2) is 12.1 Å². The molecule has 1 amide bonds. The molecule has 0 aromatic heterocycles. The highest BCUT2D eigenvalue weighted by Gasteiger charge is 2.44. The molecule has 0 aliphatic carbocycles. The van der Waals surface area contributed by atoms with Gasteiger partial charge in [0.05, 0.1) is 10.5 Å². The zero-order valence-corrected chi connectivity index (χ0v) is 14.1. The molecule has 1 aromatic carbocycles. The minimum Gasteiger partial charge on any atom is -0.393 e. The van der Waals surface area contributed by atoms with Gasteiger partial charge in [0.2, 0.25) is 0 Å². The predicted octanol–water partition coefficient (Wildman–Crippen LogP) is 1.05. The van der Waals surface area contributed by atoms with E-state index in [1.807, 2.05) is 0 Å². The molecule has 1 aliphatic heterocycles. The van der Waals surface area contributed by atoms with Crippen LogP contribution in [0.1, 0.15) is 15.9 Å². The van der Waals surface area contributed by atoms with Gasteiger partial charge in [0.1, 0.15) is 11.7 Å². The fourth-order valence-electron chi connectivity index (χ4n) is 2.85. The molecular formula is C15H20F3N5O3. The number of benzene rings is 1. The third-order valence-electron chi connectivity index (χ3n) is 4.17. The van der Waals surface area contributed by atoms with E-state index in [0.717, 1.165) is 0 Å². The number of nitro benzene ring substituents is 1. The summed E-state index contributed by atoms with van der Waals surface area (Å²) >= 11 is 0. The maximum atomic E-state index is 13.3. The van der Waals surface area contributed by atoms with Crippen LogP contribution in [0.4, 0.5) is 24.5 Å². The molecule has 2 rings (SSSR count). The fourth-order valence-corrected chi connectivity index (χ4v) is 2.85. The molecule has 0 radical (unpaired) electrons. The number of alkyl halides is 3. The van der Waals surface area contributed by atoms with Crippen LogP contribution in [0.3, 0.4) is 0 Å². The van der Waals surface area contributed by atoms with Crippen molar-refractivity contribution in [2.75, 3.05) is 38.5 Å².